The van der Waals surface area contributed by atoms with E-state index in [2.05, 4.69) is 17.2 Å². The van der Waals surface area contributed by atoms with Crippen molar-refractivity contribution in [1.29, 1.82) is 0 Å². The van der Waals surface area contributed by atoms with Crippen molar-refractivity contribution in [3.8, 4) is 0 Å². The Balaban J connectivity index is 1.58. The summed E-state index contributed by atoms with van der Waals surface area (Å²) in [5.74, 6) is 0.227. The number of rotatable bonds is 8. The third kappa shape index (κ3) is 6.65. The fraction of sp³-hybridized carbons (Fsp3) is 0.583. The molecule has 0 aromatic heterocycles. The van der Waals surface area contributed by atoms with E-state index in [0.29, 0.717) is 24.6 Å². The molecule has 8 heteroatoms. The maximum Gasteiger partial charge on any atom is 0.251 e. The summed E-state index contributed by atoms with van der Waals surface area (Å²) in [6.07, 6.45) is 10.9. The van der Waals surface area contributed by atoms with Gasteiger partial charge in [0.25, 0.3) is 5.91 Å². The summed E-state index contributed by atoms with van der Waals surface area (Å²) < 4.78 is 27.7. The number of carbonyl (C=O) groups excluding carboxylic acids is 2. The van der Waals surface area contributed by atoms with Gasteiger partial charge in [0, 0.05) is 31.2 Å². The van der Waals surface area contributed by atoms with Gasteiger partial charge >= 0.3 is 0 Å². The van der Waals surface area contributed by atoms with Crippen molar-refractivity contribution in [2.45, 2.75) is 68.7 Å². The van der Waals surface area contributed by atoms with Crippen molar-refractivity contribution < 1.29 is 18.0 Å². The second-order valence-electron chi connectivity index (χ2n) is 8.84. The minimum Gasteiger partial charge on any atom is -0.352 e. The van der Waals surface area contributed by atoms with Crippen molar-refractivity contribution in [1.82, 2.24) is 14.9 Å². The first-order chi connectivity index (χ1) is 15.4. The molecule has 1 aromatic carbocycles. The van der Waals surface area contributed by atoms with Gasteiger partial charge in [-0.3, -0.25) is 9.59 Å². The van der Waals surface area contributed by atoms with Crippen LogP contribution >= 0.6 is 0 Å². The molecule has 0 radical (unpaired) electrons. The zero-order valence-corrected chi connectivity index (χ0v) is 19.5. The normalized spacial score (nSPS) is 20.8. The van der Waals surface area contributed by atoms with Crippen molar-refractivity contribution >= 4 is 21.8 Å². The van der Waals surface area contributed by atoms with Crippen LogP contribution in [0, 0.1) is 5.92 Å². The largest absolute Gasteiger partial charge is 0.352 e. The standard InChI is InChI=1S/C24H35N3O4S/c1-2-23(28)26-21-10-6-7-17-27(18-21)32(30,31)22-13-11-20(12-14-22)24(29)25-16-15-19-8-4-3-5-9-19/h2,11-14,19,21H,1,3-10,15-18H2,(H,25,29)(H,26,28). The van der Waals surface area contributed by atoms with Gasteiger partial charge in [0.2, 0.25) is 15.9 Å². The summed E-state index contributed by atoms with van der Waals surface area (Å²) in [5, 5.41) is 5.77. The van der Waals surface area contributed by atoms with Crippen LogP contribution in [0.2, 0.25) is 0 Å². The Kier molecular flexibility index (Phi) is 8.87. The molecule has 1 aliphatic heterocycles. The molecule has 1 heterocycles. The Hall–Kier alpha value is -2.19. The molecule has 0 spiro atoms. The van der Waals surface area contributed by atoms with E-state index < -0.39 is 10.0 Å². The van der Waals surface area contributed by atoms with Crippen LogP contribution in [0.1, 0.15) is 68.1 Å². The van der Waals surface area contributed by atoms with E-state index in [1.165, 1.54) is 54.6 Å². The topological polar surface area (TPSA) is 95.6 Å². The third-order valence-electron chi connectivity index (χ3n) is 6.48. The van der Waals surface area contributed by atoms with E-state index in [1.54, 1.807) is 12.1 Å². The quantitative estimate of drug-likeness (QED) is 0.581. The number of carbonyl (C=O) groups is 2. The van der Waals surface area contributed by atoms with E-state index in [4.69, 9.17) is 0 Å². The number of sulfonamides is 1. The highest BCUT2D eigenvalue weighted by molar-refractivity contribution is 7.89. The number of benzene rings is 1. The summed E-state index contributed by atoms with van der Waals surface area (Å²) in [4.78, 5) is 24.3. The molecule has 2 aliphatic rings. The molecule has 1 saturated heterocycles. The van der Waals surface area contributed by atoms with E-state index in [1.807, 2.05) is 0 Å². The average Bonchev–Trinajstić information content (AvgIpc) is 3.06. The maximum atomic E-state index is 13.2. The lowest BCUT2D eigenvalue weighted by atomic mass is 9.87. The van der Waals surface area contributed by atoms with Gasteiger partial charge in [-0.1, -0.05) is 45.1 Å². The van der Waals surface area contributed by atoms with Gasteiger partial charge in [0.05, 0.1) is 4.90 Å². The van der Waals surface area contributed by atoms with Crippen molar-refractivity contribution in [3.05, 3.63) is 42.5 Å². The van der Waals surface area contributed by atoms with Gasteiger partial charge in [-0.05, 0) is 55.5 Å². The fourth-order valence-corrected chi connectivity index (χ4v) is 6.12. The van der Waals surface area contributed by atoms with Crippen LogP contribution in [0.25, 0.3) is 0 Å². The highest BCUT2D eigenvalue weighted by atomic mass is 32.2. The van der Waals surface area contributed by atoms with Crippen LogP contribution in [-0.2, 0) is 14.8 Å². The minimum absolute atomic E-state index is 0.159. The Labute approximate surface area is 191 Å². The monoisotopic (exact) mass is 461 g/mol. The summed E-state index contributed by atoms with van der Waals surface area (Å²) >= 11 is 0. The van der Waals surface area contributed by atoms with Crippen LogP contribution < -0.4 is 10.6 Å². The summed E-state index contributed by atoms with van der Waals surface area (Å²) in [5.41, 5.74) is 0.458. The van der Waals surface area contributed by atoms with Crippen LogP contribution in [-0.4, -0.2) is 50.2 Å². The molecular weight excluding hydrogens is 426 g/mol. The number of amides is 2. The number of hydrogen-bond acceptors (Lipinski definition) is 4. The molecule has 1 saturated carbocycles. The average molecular weight is 462 g/mol. The second-order valence-corrected chi connectivity index (χ2v) is 10.8. The molecule has 2 fully saturated rings. The smallest absolute Gasteiger partial charge is 0.251 e. The first kappa shape index (κ1) is 24.5. The van der Waals surface area contributed by atoms with Crippen LogP contribution in [0.15, 0.2) is 41.8 Å². The molecule has 1 atom stereocenters. The SMILES string of the molecule is C=CC(=O)NC1CCCCN(S(=O)(=O)c2ccc(C(=O)NCCC3CCCCC3)cc2)C1. The van der Waals surface area contributed by atoms with E-state index >= 15 is 0 Å². The van der Waals surface area contributed by atoms with Crippen molar-refractivity contribution in [2.75, 3.05) is 19.6 Å². The van der Waals surface area contributed by atoms with E-state index in [0.717, 1.165) is 25.7 Å². The summed E-state index contributed by atoms with van der Waals surface area (Å²) in [7, 11) is -3.71. The van der Waals surface area contributed by atoms with Gasteiger partial charge in [-0.15, -0.1) is 0 Å². The summed E-state index contributed by atoms with van der Waals surface area (Å²) in [6.45, 7) is 4.74. The highest BCUT2D eigenvalue weighted by Crippen LogP contribution is 2.26. The molecule has 3 rings (SSSR count). The Morgan fingerprint density at radius 2 is 1.72 bits per heavy atom. The first-order valence-corrected chi connectivity index (χ1v) is 13.2. The van der Waals surface area contributed by atoms with Crippen LogP contribution in [0.5, 0.6) is 0 Å². The molecule has 7 nitrogen and oxygen atoms in total. The lowest BCUT2D eigenvalue weighted by Gasteiger charge is -2.24. The molecule has 1 aromatic rings. The molecule has 1 unspecified atom stereocenters. The van der Waals surface area contributed by atoms with Gasteiger partial charge in [0.15, 0.2) is 0 Å². The van der Waals surface area contributed by atoms with Gasteiger partial charge in [-0.2, -0.15) is 4.31 Å². The predicted molar refractivity (Wildman–Crippen MR) is 125 cm³/mol. The third-order valence-corrected chi connectivity index (χ3v) is 8.36. The van der Waals surface area contributed by atoms with E-state index in [9.17, 15) is 18.0 Å². The second kappa shape index (κ2) is 11.6. The number of nitrogens with zero attached hydrogens (tertiary/aromatic N) is 1. The predicted octanol–water partition coefficient (Wildman–Crippen LogP) is 3.23. The molecule has 2 N–H and O–H groups in total. The van der Waals surface area contributed by atoms with Gasteiger partial charge in [0.1, 0.15) is 0 Å². The zero-order chi connectivity index (χ0) is 23.0. The molecule has 32 heavy (non-hydrogen) atoms. The van der Waals surface area contributed by atoms with Gasteiger partial charge in [-0.25, -0.2) is 8.42 Å². The van der Waals surface area contributed by atoms with E-state index in [-0.39, 0.29) is 29.3 Å². The minimum atomic E-state index is -3.71. The number of nitrogens with one attached hydrogen (secondary N) is 2. The lowest BCUT2D eigenvalue weighted by molar-refractivity contribution is -0.117. The number of hydrogen-bond donors (Lipinski definition) is 2. The maximum absolute atomic E-state index is 13.2. The Morgan fingerprint density at radius 3 is 2.41 bits per heavy atom. The Bertz CT molecular complexity index is 892. The summed E-state index contributed by atoms with van der Waals surface area (Å²) in [6, 6.07) is 5.88. The molecule has 0 bridgehead atoms. The molecule has 176 valence electrons. The first-order valence-electron chi connectivity index (χ1n) is 11.7. The van der Waals surface area contributed by atoms with Crippen molar-refractivity contribution in [2.24, 2.45) is 5.92 Å². The van der Waals surface area contributed by atoms with Crippen LogP contribution in [0.4, 0.5) is 0 Å². The van der Waals surface area contributed by atoms with Crippen molar-refractivity contribution in [3.63, 3.8) is 0 Å². The molecule has 1 aliphatic carbocycles. The Morgan fingerprint density at radius 1 is 1.03 bits per heavy atom. The zero-order valence-electron chi connectivity index (χ0n) is 18.7. The molecule has 2 amide bonds. The van der Waals surface area contributed by atoms with Crippen LogP contribution in [0.3, 0.4) is 0 Å². The lowest BCUT2D eigenvalue weighted by Crippen LogP contribution is -2.44. The highest BCUT2D eigenvalue weighted by Gasteiger charge is 2.29. The fourth-order valence-electron chi connectivity index (χ4n) is 4.60. The van der Waals surface area contributed by atoms with Gasteiger partial charge < -0.3 is 10.6 Å². The molecular formula is C24H35N3O4S.